The van der Waals surface area contributed by atoms with E-state index >= 15 is 0 Å². The molecule has 2 rings (SSSR count). The van der Waals surface area contributed by atoms with E-state index < -0.39 is 0 Å². The van der Waals surface area contributed by atoms with Crippen molar-refractivity contribution in [2.75, 3.05) is 7.11 Å². The number of nitrogens with zero attached hydrogens (tertiary/aromatic N) is 1. The minimum atomic E-state index is -0.348. The molecule has 0 saturated carbocycles. The van der Waals surface area contributed by atoms with Gasteiger partial charge >= 0.3 is 5.97 Å². The van der Waals surface area contributed by atoms with Crippen LogP contribution in [-0.4, -0.2) is 13.1 Å². The third-order valence-electron chi connectivity index (χ3n) is 2.28. The fraction of sp³-hybridized carbons (Fsp3) is 0.0769. The summed E-state index contributed by atoms with van der Waals surface area (Å²) in [5.41, 5.74) is 0.521. The van der Waals surface area contributed by atoms with Gasteiger partial charge in [-0.05, 0) is 24.3 Å². The molecule has 1 aromatic heterocycles. The van der Waals surface area contributed by atoms with Crippen molar-refractivity contribution in [3.8, 4) is 0 Å². The Kier molecular flexibility index (Phi) is 3.84. The molecule has 0 atom stereocenters. The van der Waals surface area contributed by atoms with E-state index in [-0.39, 0.29) is 5.97 Å². The van der Waals surface area contributed by atoms with Gasteiger partial charge in [0.15, 0.2) is 12.4 Å². The molecule has 4 nitrogen and oxygen atoms in total. The summed E-state index contributed by atoms with van der Waals surface area (Å²) >= 11 is 1.52. The number of methoxy groups -OCH3 is 1. The van der Waals surface area contributed by atoms with Crippen molar-refractivity contribution in [1.82, 2.24) is 0 Å². The highest BCUT2D eigenvalue weighted by molar-refractivity contribution is 7.99. The summed E-state index contributed by atoms with van der Waals surface area (Å²) in [6.07, 6.45) is 2.90. The van der Waals surface area contributed by atoms with E-state index in [1.54, 1.807) is 24.3 Å². The number of aromatic nitrogens is 1. The first-order chi connectivity index (χ1) is 8.69. The van der Waals surface area contributed by atoms with Gasteiger partial charge in [-0.15, -0.1) is 0 Å². The van der Waals surface area contributed by atoms with Gasteiger partial charge in [-0.3, -0.25) is 0 Å². The van der Waals surface area contributed by atoms with Crippen molar-refractivity contribution in [3.05, 3.63) is 59.6 Å². The molecule has 0 N–H and O–H groups in total. The Labute approximate surface area is 109 Å². The van der Waals surface area contributed by atoms with Gasteiger partial charge in [-0.1, -0.05) is 11.8 Å². The number of rotatable bonds is 3. The highest BCUT2D eigenvalue weighted by atomic mass is 32.2. The molecule has 0 unspecified atom stereocenters. The fourth-order valence-corrected chi connectivity index (χ4v) is 2.18. The molecule has 0 saturated heterocycles. The third kappa shape index (κ3) is 3.01. The van der Waals surface area contributed by atoms with Crippen LogP contribution in [0.2, 0.25) is 0 Å². The Bertz CT molecular complexity index is 537. The maximum absolute atomic E-state index is 11.3. The number of ether oxygens (including phenoxy) is 1. The molecule has 0 aliphatic rings. The van der Waals surface area contributed by atoms with E-state index in [0.29, 0.717) is 5.56 Å². The monoisotopic (exact) mass is 261 g/mol. The van der Waals surface area contributed by atoms with E-state index in [4.69, 9.17) is 0 Å². The van der Waals surface area contributed by atoms with Gasteiger partial charge in [0, 0.05) is 21.9 Å². The normalized spacial score (nSPS) is 10.1. The Balaban J connectivity index is 2.10. The Hall–Kier alpha value is -2.01. The minimum absolute atomic E-state index is 0.348. The lowest BCUT2D eigenvalue weighted by molar-refractivity contribution is -0.605. The van der Waals surface area contributed by atoms with Gasteiger partial charge in [-0.2, -0.15) is 4.73 Å². The van der Waals surface area contributed by atoms with Crippen LogP contribution in [0, 0.1) is 5.21 Å². The first-order valence-corrected chi connectivity index (χ1v) is 6.06. The molecule has 18 heavy (non-hydrogen) atoms. The largest absolute Gasteiger partial charge is 0.619 e. The maximum atomic E-state index is 11.3. The zero-order valence-corrected chi connectivity index (χ0v) is 10.5. The first-order valence-electron chi connectivity index (χ1n) is 5.24. The SMILES string of the molecule is COC(=O)c1ccc(Sc2cc[n+]([O-])cc2)cc1. The van der Waals surface area contributed by atoms with Crippen LogP contribution in [0.1, 0.15) is 10.4 Å². The molecule has 0 amide bonds. The highest BCUT2D eigenvalue weighted by Gasteiger charge is 2.05. The lowest BCUT2D eigenvalue weighted by Gasteiger charge is -2.03. The third-order valence-corrected chi connectivity index (χ3v) is 3.30. The van der Waals surface area contributed by atoms with Crippen LogP contribution in [0.25, 0.3) is 0 Å². The van der Waals surface area contributed by atoms with Crippen molar-refractivity contribution in [1.29, 1.82) is 0 Å². The van der Waals surface area contributed by atoms with Gasteiger partial charge in [-0.25, -0.2) is 4.79 Å². The molecular formula is C13H11NO3S. The van der Waals surface area contributed by atoms with Gasteiger partial charge in [0.2, 0.25) is 0 Å². The lowest BCUT2D eigenvalue weighted by atomic mass is 10.2. The number of hydrogen-bond acceptors (Lipinski definition) is 4. The summed E-state index contributed by atoms with van der Waals surface area (Å²) in [5.74, 6) is -0.348. The van der Waals surface area contributed by atoms with Crippen molar-refractivity contribution in [2.24, 2.45) is 0 Å². The van der Waals surface area contributed by atoms with E-state index in [1.807, 2.05) is 12.1 Å². The second-order valence-electron chi connectivity index (χ2n) is 3.51. The quantitative estimate of drug-likeness (QED) is 0.483. The van der Waals surface area contributed by atoms with Gasteiger partial charge in [0.1, 0.15) is 0 Å². The smallest absolute Gasteiger partial charge is 0.337 e. The Morgan fingerprint density at radius 2 is 1.67 bits per heavy atom. The van der Waals surface area contributed by atoms with Crippen molar-refractivity contribution < 1.29 is 14.3 Å². The van der Waals surface area contributed by atoms with Crippen LogP contribution < -0.4 is 4.73 Å². The van der Waals surface area contributed by atoms with Gasteiger partial charge in [0.05, 0.1) is 12.7 Å². The van der Waals surface area contributed by atoms with Crippen molar-refractivity contribution >= 4 is 17.7 Å². The highest BCUT2D eigenvalue weighted by Crippen LogP contribution is 2.26. The molecular weight excluding hydrogens is 250 g/mol. The number of carbonyl (C=O) groups is 1. The Morgan fingerprint density at radius 3 is 2.22 bits per heavy atom. The number of carbonyl (C=O) groups excluding carboxylic acids is 1. The number of pyridine rings is 1. The molecule has 0 spiro atoms. The van der Waals surface area contributed by atoms with Crippen LogP contribution in [0.4, 0.5) is 0 Å². The lowest BCUT2D eigenvalue weighted by Crippen LogP contribution is -2.23. The van der Waals surface area contributed by atoms with E-state index in [0.717, 1.165) is 14.5 Å². The summed E-state index contributed by atoms with van der Waals surface area (Å²) in [6, 6.07) is 10.6. The van der Waals surface area contributed by atoms with E-state index in [9.17, 15) is 10.0 Å². The predicted molar refractivity (Wildman–Crippen MR) is 67.3 cm³/mol. The van der Waals surface area contributed by atoms with Crippen LogP contribution >= 0.6 is 11.8 Å². The topological polar surface area (TPSA) is 53.2 Å². The van der Waals surface area contributed by atoms with E-state index in [1.165, 1.54) is 31.3 Å². The second-order valence-corrected chi connectivity index (χ2v) is 4.66. The molecule has 0 bridgehead atoms. The van der Waals surface area contributed by atoms with Crippen LogP contribution in [0.5, 0.6) is 0 Å². The first kappa shape index (κ1) is 12.4. The van der Waals surface area contributed by atoms with Crippen LogP contribution in [0.15, 0.2) is 58.6 Å². The summed E-state index contributed by atoms with van der Waals surface area (Å²) in [6.45, 7) is 0. The summed E-state index contributed by atoms with van der Waals surface area (Å²) in [4.78, 5) is 13.2. The fourth-order valence-electron chi connectivity index (χ4n) is 1.38. The summed E-state index contributed by atoms with van der Waals surface area (Å²) < 4.78 is 5.36. The average molecular weight is 261 g/mol. The zero-order valence-electron chi connectivity index (χ0n) is 9.70. The Morgan fingerprint density at radius 1 is 1.11 bits per heavy atom. The molecule has 5 heteroatoms. The van der Waals surface area contributed by atoms with Gasteiger partial charge in [0.25, 0.3) is 0 Å². The van der Waals surface area contributed by atoms with Gasteiger partial charge < -0.3 is 9.94 Å². The van der Waals surface area contributed by atoms with E-state index in [2.05, 4.69) is 4.74 Å². The molecule has 1 aromatic carbocycles. The number of benzene rings is 1. The van der Waals surface area contributed by atoms with Crippen LogP contribution in [0.3, 0.4) is 0 Å². The predicted octanol–water partition coefficient (Wildman–Crippen LogP) is 2.26. The zero-order chi connectivity index (χ0) is 13.0. The summed E-state index contributed by atoms with van der Waals surface area (Å²) in [5, 5.41) is 10.9. The van der Waals surface area contributed by atoms with Crippen molar-refractivity contribution in [3.63, 3.8) is 0 Å². The summed E-state index contributed by atoms with van der Waals surface area (Å²) in [7, 11) is 1.35. The average Bonchev–Trinajstić information content (AvgIpc) is 2.41. The molecule has 2 aromatic rings. The molecule has 0 radical (unpaired) electrons. The minimum Gasteiger partial charge on any atom is -0.619 e. The van der Waals surface area contributed by atoms with Crippen molar-refractivity contribution in [2.45, 2.75) is 9.79 Å². The standard InChI is InChI=1S/C13H11NO3S/c1-17-13(15)10-2-4-11(5-3-10)18-12-6-8-14(16)9-7-12/h2-9H,1H3. The van der Waals surface area contributed by atoms with Crippen LogP contribution in [-0.2, 0) is 4.74 Å². The number of esters is 1. The molecule has 0 fully saturated rings. The molecule has 92 valence electrons. The molecule has 1 heterocycles. The maximum Gasteiger partial charge on any atom is 0.337 e. The second kappa shape index (κ2) is 5.55. The number of hydrogen-bond donors (Lipinski definition) is 0. The molecule has 0 aliphatic carbocycles. The molecule has 0 aliphatic heterocycles.